The Morgan fingerprint density at radius 1 is 0.300 bits per heavy atom. The van der Waals surface area contributed by atoms with Gasteiger partial charge < -0.3 is 96.6 Å². The first-order chi connectivity index (χ1) is 43.5. The summed E-state index contributed by atoms with van der Waals surface area (Å²) in [4.78, 5) is 0. The highest BCUT2D eigenvalue weighted by atomic mass is 16.9. The molecule has 16 fully saturated rings. The lowest BCUT2D eigenvalue weighted by Crippen LogP contribution is -2.64. The van der Waals surface area contributed by atoms with Crippen LogP contribution in [0.5, 0.6) is 0 Å². The molecule has 16 bridgehead atoms. The zero-order valence-electron chi connectivity index (χ0n) is 56.3. The van der Waals surface area contributed by atoms with E-state index in [1.807, 2.05) is 0 Å². The molecule has 0 aromatic carbocycles. The van der Waals surface area contributed by atoms with Gasteiger partial charge in [0.15, 0.2) is 0 Å². The van der Waals surface area contributed by atoms with E-state index in [4.69, 9.17) is 96.6 Å². The summed E-state index contributed by atoms with van der Waals surface area (Å²) >= 11 is 0. The van der Waals surface area contributed by atoms with Crippen LogP contribution in [0.1, 0.15) is 272 Å². The smallest absolute Gasteiger partial charge is 0.286 e. The van der Waals surface area contributed by atoms with Gasteiger partial charge in [-0.2, -0.15) is 0 Å². The van der Waals surface area contributed by atoms with E-state index >= 15 is 0 Å². The van der Waals surface area contributed by atoms with Gasteiger partial charge in [0.05, 0.1) is 92.6 Å². The van der Waals surface area contributed by atoms with Crippen molar-refractivity contribution in [1.82, 2.24) is 0 Å². The number of fused-ring (bicyclic) bond motifs is 4. The Balaban J connectivity index is 0.000000133. The monoisotopic (exact) mass is 1280 g/mol. The van der Waals surface area contributed by atoms with E-state index in [1.165, 1.54) is 6.42 Å². The molecule has 0 aromatic heterocycles. The molecule has 7 unspecified atom stereocenters. The maximum absolute atomic E-state index is 8.79. The van der Waals surface area contributed by atoms with Crippen molar-refractivity contribution >= 4 is 0 Å². The summed E-state index contributed by atoms with van der Waals surface area (Å²) in [5.74, 6) is -2.92. The average Bonchev–Trinajstić information content (AvgIpc) is 1.32. The average molecular weight is 1290 g/mol. The van der Waals surface area contributed by atoms with Crippen LogP contribution in [0.15, 0.2) is 0 Å². The number of rotatable bonds is 34. The lowest BCUT2D eigenvalue weighted by atomic mass is 9.87. The second-order valence-electron chi connectivity index (χ2n) is 29.4. The van der Waals surface area contributed by atoms with Crippen LogP contribution >= 0.6 is 0 Å². The van der Waals surface area contributed by atoms with E-state index in [2.05, 4.69) is 34.6 Å². The fraction of sp³-hybridized carbons (Fsp3) is 1.00. The van der Waals surface area contributed by atoms with Crippen molar-refractivity contribution in [3.8, 4) is 0 Å². The quantitative estimate of drug-likeness (QED) is 0.0376. The second-order valence-corrected chi connectivity index (χ2v) is 29.4. The zero-order valence-corrected chi connectivity index (χ0v) is 56.3. The van der Waals surface area contributed by atoms with Gasteiger partial charge in [0.1, 0.15) is 0 Å². The summed E-state index contributed by atoms with van der Waals surface area (Å²) in [6, 6.07) is 0. The Hall–Kier alpha value is -0.800. The molecule has 0 aromatic rings. The number of unbranched alkanes of at least 4 members (excludes halogenated alkanes) is 16. The fourth-order valence-electron chi connectivity index (χ4n) is 15.9. The van der Waals surface area contributed by atoms with Gasteiger partial charge in [0.25, 0.3) is 29.9 Å². The Morgan fingerprint density at radius 2 is 0.589 bits per heavy atom. The molecule has 16 aliphatic rings. The van der Waals surface area contributed by atoms with E-state index in [-0.39, 0.29) is 35.6 Å². The molecule has 0 amide bonds. The fourth-order valence-corrected chi connectivity index (χ4v) is 15.9. The lowest BCUT2D eigenvalue weighted by molar-refractivity contribution is -0.510. The van der Waals surface area contributed by atoms with Crippen molar-refractivity contribution in [2.24, 2.45) is 17.8 Å². The summed E-state index contributed by atoms with van der Waals surface area (Å²) in [6.45, 7) is 14.9. The van der Waals surface area contributed by atoms with Gasteiger partial charge in [0, 0.05) is 134 Å². The summed E-state index contributed by atoms with van der Waals surface area (Å²) in [5.41, 5.74) is -0.279. The van der Waals surface area contributed by atoms with E-state index in [0.29, 0.717) is 94.6 Å². The van der Waals surface area contributed by atoms with Crippen LogP contribution in [-0.2, 0) is 71.1 Å². The number of ether oxygens (including phenoxy) is 15. The predicted molar refractivity (Wildman–Crippen MR) is 334 cm³/mol. The molecule has 90 heavy (non-hydrogen) atoms. The van der Waals surface area contributed by atoms with Crippen molar-refractivity contribution in [3.05, 3.63) is 0 Å². The van der Waals surface area contributed by atoms with E-state index < -0.39 is 29.9 Å². The zero-order chi connectivity index (χ0) is 63.6. The SMILES string of the molecule is CC(CCCCCCO)C12OC3CC(CC(C3)O1)O2.CC(CCCCCCO)C12OCCC(C)(CO1)O2.CC(CCCCCO)C12OC3CC(CC(C3)O1)O2.CC12CCOC(CCCCCCCO)(OC1)O2.OCCCCCCCC12OC3CC(CC(C3)O1)O2. The molecular weight excluding hydrogens is 1160 g/mol. The van der Waals surface area contributed by atoms with Crippen molar-refractivity contribution in [2.75, 3.05) is 59.5 Å². The first-order valence-corrected chi connectivity index (χ1v) is 36.6. The molecule has 13 heterocycles. The molecule has 20 heteroatoms. The highest BCUT2D eigenvalue weighted by Crippen LogP contribution is 2.52. The lowest BCUT2D eigenvalue weighted by Gasteiger charge is -2.57. The van der Waals surface area contributed by atoms with Gasteiger partial charge in [-0.1, -0.05) is 111 Å². The predicted octanol–water partition coefficient (Wildman–Crippen LogP) is 11.8. The normalized spacial score (nSPS) is 40.0. The molecule has 16 rings (SSSR count). The molecule has 3 aliphatic carbocycles. The third kappa shape index (κ3) is 20.4. The molecule has 0 spiro atoms. The molecular formula is C70H124O20. The minimum Gasteiger partial charge on any atom is -0.396 e. The summed E-state index contributed by atoms with van der Waals surface area (Å²) in [5, 5.41) is 43.7. The summed E-state index contributed by atoms with van der Waals surface area (Å²) in [7, 11) is 0. The first-order valence-electron chi connectivity index (χ1n) is 36.6. The Morgan fingerprint density at radius 3 is 0.978 bits per heavy atom. The van der Waals surface area contributed by atoms with Crippen LogP contribution < -0.4 is 0 Å². The number of hydrogen-bond donors (Lipinski definition) is 5. The third-order valence-electron chi connectivity index (χ3n) is 21.1. The van der Waals surface area contributed by atoms with Gasteiger partial charge >= 0.3 is 0 Å². The van der Waals surface area contributed by atoms with Crippen molar-refractivity contribution in [1.29, 1.82) is 0 Å². The standard InChI is InChI=1S/C15H26O4.2C14H24O4.C14H26O4.C13H24O4/c1-11(6-4-2-3-5-7-16)15-17-12-8-13(18-15)10-14(9-12)19-15;1-10(5-3-2-4-6-15)14-16-11-7-12(17-14)9-13(8-11)18-14;15-7-5-3-1-2-4-6-14-16-11-8-12(17-14)10-13(9-11)18-14;1-12(7-5-3-4-6-9-15)14-16-10-8-13(2,18-14)11-17-14;1-12-8-10-15-13(17-12,16-11-12)7-5-3-2-4-6-9-14/h11-14,16H,2-10H2,1H3;10-13,15H,2-9H2,1H3;11-13,15H,1-10H2;12,15H,3-11H2,1-2H3;14H,2-11H2,1H3. The van der Waals surface area contributed by atoms with Crippen LogP contribution in [0.3, 0.4) is 0 Å². The van der Waals surface area contributed by atoms with Gasteiger partial charge in [0.2, 0.25) is 0 Å². The summed E-state index contributed by atoms with van der Waals surface area (Å²) < 4.78 is 89.1. The van der Waals surface area contributed by atoms with Gasteiger partial charge in [-0.3, -0.25) is 0 Å². The molecule has 0 radical (unpaired) electrons. The topological polar surface area (TPSA) is 240 Å². The third-order valence-corrected chi connectivity index (χ3v) is 21.1. The molecule has 5 N–H and O–H groups in total. The molecule has 7 atom stereocenters. The van der Waals surface area contributed by atoms with Crippen molar-refractivity contribution in [2.45, 2.75) is 368 Å². The second kappa shape index (κ2) is 35.1. The molecule has 20 nitrogen and oxygen atoms in total. The maximum atomic E-state index is 8.79. The first kappa shape index (κ1) is 73.4. The highest BCUT2D eigenvalue weighted by Gasteiger charge is 2.60. The summed E-state index contributed by atoms with van der Waals surface area (Å²) in [6.07, 6.45) is 41.7. The van der Waals surface area contributed by atoms with Crippen LogP contribution in [-0.4, -0.2) is 181 Å². The van der Waals surface area contributed by atoms with Gasteiger partial charge in [-0.15, -0.1) is 0 Å². The van der Waals surface area contributed by atoms with Crippen LogP contribution in [0.25, 0.3) is 0 Å². The number of aliphatic hydroxyl groups excluding tert-OH is 5. The Kier molecular flexibility index (Phi) is 28.7. The van der Waals surface area contributed by atoms with Crippen LogP contribution in [0.4, 0.5) is 0 Å². The van der Waals surface area contributed by atoms with Gasteiger partial charge in [-0.05, 0) is 78.1 Å². The van der Waals surface area contributed by atoms with Gasteiger partial charge in [-0.25, -0.2) is 0 Å². The minimum atomic E-state index is -0.788. The number of hydrogen-bond acceptors (Lipinski definition) is 20. The van der Waals surface area contributed by atoms with Crippen molar-refractivity contribution < 1.29 is 96.6 Å². The Labute approximate surface area is 540 Å². The molecule has 13 saturated heterocycles. The largest absolute Gasteiger partial charge is 0.396 e. The van der Waals surface area contributed by atoms with Crippen LogP contribution in [0.2, 0.25) is 0 Å². The number of aliphatic hydroxyl groups is 5. The van der Waals surface area contributed by atoms with E-state index in [9.17, 15) is 0 Å². The minimum absolute atomic E-state index is 0.130. The van der Waals surface area contributed by atoms with Crippen molar-refractivity contribution in [3.63, 3.8) is 0 Å². The van der Waals surface area contributed by atoms with Crippen LogP contribution in [0, 0.1) is 17.8 Å². The Bertz CT molecular complexity index is 1930. The molecule has 524 valence electrons. The molecule has 13 aliphatic heterocycles. The van der Waals surface area contributed by atoms with E-state index in [1.54, 1.807) is 0 Å². The molecule has 3 saturated carbocycles. The van der Waals surface area contributed by atoms with E-state index in [0.717, 1.165) is 244 Å². The highest BCUT2D eigenvalue weighted by molar-refractivity contribution is 4.96. The maximum Gasteiger partial charge on any atom is 0.286 e.